The fourth-order valence-electron chi connectivity index (χ4n) is 1.08. The first-order chi connectivity index (χ1) is 7.24. The quantitative estimate of drug-likeness (QED) is 0.801. The summed E-state index contributed by atoms with van der Waals surface area (Å²) in [4.78, 5) is 11.1. The molecule has 0 aliphatic heterocycles. The molecular weight excluding hydrogens is 210 g/mol. The number of hydrogen-bond donors (Lipinski definition) is 1. The maximum Gasteiger partial charge on any atom is 0.417 e. The molecule has 1 N–H and O–H groups in total. The number of aryl methyl sites for hydroxylation is 1. The highest BCUT2D eigenvalue weighted by Gasteiger charge is 2.02. The van der Waals surface area contributed by atoms with Gasteiger partial charge in [-0.05, 0) is 30.0 Å². The Labute approximate surface area is 94.3 Å². The molecule has 1 amide bonds. The van der Waals surface area contributed by atoms with Crippen LogP contribution in [-0.2, 0) is 11.3 Å². The third-order valence-corrected chi connectivity index (χ3v) is 2.52. The molecule has 0 heterocycles. The van der Waals surface area contributed by atoms with Crippen LogP contribution in [0.4, 0.5) is 4.79 Å². The van der Waals surface area contributed by atoms with Crippen molar-refractivity contribution in [2.75, 3.05) is 5.75 Å². The first kappa shape index (κ1) is 11.9. The lowest BCUT2D eigenvalue weighted by Crippen LogP contribution is -2.17. The van der Waals surface area contributed by atoms with Crippen molar-refractivity contribution >= 4 is 18.0 Å². The molecule has 0 aliphatic carbocycles. The molecule has 0 aromatic heterocycles. The van der Waals surface area contributed by atoms with Gasteiger partial charge in [-0.25, -0.2) is 4.79 Å². The Bertz CT molecular complexity index is 328. The number of amides is 1. The molecule has 1 aromatic rings. The van der Waals surface area contributed by atoms with Crippen molar-refractivity contribution in [2.45, 2.75) is 20.5 Å². The molecule has 0 saturated heterocycles. The van der Waals surface area contributed by atoms with E-state index < -0.39 is 0 Å². The van der Waals surface area contributed by atoms with Gasteiger partial charge in [0, 0.05) is 5.75 Å². The van der Waals surface area contributed by atoms with E-state index in [0.717, 1.165) is 16.9 Å². The molecular formula is C11H15NO2S. The zero-order chi connectivity index (χ0) is 11.1. The van der Waals surface area contributed by atoms with Crippen LogP contribution in [0.25, 0.3) is 0 Å². The van der Waals surface area contributed by atoms with Crippen molar-refractivity contribution in [1.82, 2.24) is 4.72 Å². The molecule has 0 atom stereocenters. The van der Waals surface area contributed by atoms with Crippen LogP contribution < -0.4 is 4.72 Å². The highest BCUT2D eigenvalue weighted by atomic mass is 32.2. The van der Waals surface area contributed by atoms with E-state index >= 15 is 0 Å². The Morgan fingerprint density at radius 3 is 2.87 bits per heavy atom. The first-order valence-corrected chi connectivity index (χ1v) is 5.81. The largest absolute Gasteiger partial charge is 0.444 e. The van der Waals surface area contributed by atoms with E-state index in [0.29, 0.717) is 6.61 Å². The second-order valence-electron chi connectivity index (χ2n) is 3.04. The van der Waals surface area contributed by atoms with E-state index in [2.05, 4.69) is 4.72 Å². The topological polar surface area (TPSA) is 38.3 Å². The summed E-state index contributed by atoms with van der Waals surface area (Å²) in [6.45, 7) is 4.28. The number of hydrogen-bond acceptors (Lipinski definition) is 3. The normalized spacial score (nSPS) is 9.73. The maximum absolute atomic E-state index is 11.1. The second kappa shape index (κ2) is 6.35. The summed E-state index contributed by atoms with van der Waals surface area (Å²) >= 11 is 1.33. The van der Waals surface area contributed by atoms with Gasteiger partial charge in [-0.3, -0.25) is 4.72 Å². The minimum atomic E-state index is -0.384. The molecule has 0 unspecified atom stereocenters. The zero-order valence-electron chi connectivity index (χ0n) is 8.95. The number of benzene rings is 1. The van der Waals surface area contributed by atoms with Crippen LogP contribution in [0.1, 0.15) is 18.1 Å². The van der Waals surface area contributed by atoms with Crippen LogP contribution in [0.5, 0.6) is 0 Å². The molecule has 0 radical (unpaired) electrons. The minimum absolute atomic E-state index is 0.322. The van der Waals surface area contributed by atoms with E-state index in [1.165, 1.54) is 11.9 Å². The molecule has 1 aromatic carbocycles. The Balaban J connectivity index is 2.37. The van der Waals surface area contributed by atoms with Gasteiger partial charge in [0.2, 0.25) is 0 Å². The monoisotopic (exact) mass is 225 g/mol. The molecule has 15 heavy (non-hydrogen) atoms. The average molecular weight is 225 g/mol. The van der Waals surface area contributed by atoms with Crippen LogP contribution >= 0.6 is 11.9 Å². The summed E-state index contributed by atoms with van der Waals surface area (Å²) in [5.74, 6) is 0.833. The summed E-state index contributed by atoms with van der Waals surface area (Å²) in [5, 5.41) is 0. The van der Waals surface area contributed by atoms with Gasteiger partial charge in [0.15, 0.2) is 0 Å². The smallest absolute Gasteiger partial charge is 0.417 e. The Hall–Kier alpha value is -1.16. The molecule has 3 nitrogen and oxygen atoms in total. The third kappa shape index (κ3) is 4.25. The third-order valence-electron chi connectivity index (χ3n) is 1.92. The molecule has 0 aliphatic rings. The zero-order valence-corrected chi connectivity index (χ0v) is 9.76. The summed E-state index contributed by atoms with van der Waals surface area (Å²) in [5.41, 5.74) is 2.17. The number of ether oxygens (including phenoxy) is 1. The highest BCUT2D eigenvalue weighted by molar-refractivity contribution is 7.97. The predicted molar refractivity (Wildman–Crippen MR) is 62.6 cm³/mol. The first-order valence-electron chi connectivity index (χ1n) is 4.83. The molecule has 4 heteroatoms. The van der Waals surface area contributed by atoms with Crippen molar-refractivity contribution in [3.63, 3.8) is 0 Å². The number of carbonyl (C=O) groups excluding carboxylic acids is 1. The minimum Gasteiger partial charge on any atom is -0.444 e. The number of carbonyl (C=O) groups is 1. The van der Waals surface area contributed by atoms with E-state index in [-0.39, 0.29) is 6.09 Å². The number of nitrogens with one attached hydrogen (secondary N) is 1. The van der Waals surface area contributed by atoms with Crippen LogP contribution in [0.2, 0.25) is 0 Å². The lowest BCUT2D eigenvalue weighted by molar-refractivity contribution is 0.146. The fraction of sp³-hybridized carbons (Fsp3) is 0.364. The van der Waals surface area contributed by atoms with Crippen LogP contribution in [0.3, 0.4) is 0 Å². The summed E-state index contributed by atoms with van der Waals surface area (Å²) < 4.78 is 7.62. The number of rotatable bonds is 4. The molecule has 0 spiro atoms. The predicted octanol–water partition coefficient (Wildman–Crippen LogP) is 2.89. The lowest BCUT2D eigenvalue weighted by atomic mass is 10.1. The summed E-state index contributed by atoms with van der Waals surface area (Å²) in [6, 6.07) is 7.85. The van der Waals surface area contributed by atoms with Crippen LogP contribution in [-0.4, -0.2) is 11.8 Å². The Morgan fingerprint density at radius 1 is 1.47 bits per heavy atom. The molecule has 0 saturated carbocycles. The molecule has 82 valence electrons. The van der Waals surface area contributed by atoms with Crippen LogP contribution in [0, 0.1) is 6.92 Å². The van der Waals surface area contributed by atoms with Crippen molar-refractivity contribution in [3.8, 4) is 0 Å². The van der Waals surface area contributed by atoms with Gasteiger partial charge in [-0.2, -0.15) is 0 Å². The van der Waals surface area contributed by atoms with Crippen molar-refractivity contribution in [3.05, 3.63) is 35.4 Å². The Morgan fingerprint density at radius 2 is 2.20 bits per heavy atom. The molecule has 0 fully saturated rings. The van der Waals surface area contributed by atoms with Crippen molar-refractivity contribution in [2.24, 2.45) is 0 Å². The fourth-order valence-corrected chi connectivity index (χ4v) is 1.40. The summed E-state index contributed by atoms with van der Waals surface area (Å²) in [6.07, 6.45) is -0.384. The van der Waals surface area contributed by atoms with Gasteiger partial charge in [0.1, 0.15) is 6.61 Å². The highest BCUT2D eigenvalue weighted by Crippen LogP contribution is 2.08. The van der Waals surface area contributed by atoms with Gasteiger partial charge >= 0.3 is 6.09 Å². The van der Waals surface area contributed by atoms with Crippen LogP contribution in [0.15, 0.2) is 24.3 Å². The van der Waals surface area contributed by atoms with Gasteiger partial charge in [0.05, 0.1) is 0 Å². The van der Waals surface area contributed by atoms with Gasteiger partial charge in [0.25, 0.3) is 0 Å². The summed E-state index contributed by atoms with van der Waals surface area (Å²) in [7, 11) is 0. The van der Waals surface area contributed by atoms with Gasteiger partial charge in [-0.15, -0.1) is 0 Å². The van der Waals surface area contributed by atoms with E-state index in [9.17, 15) is 4.79 Å². The standard InChI is InChI=1S/C11H15NO2S/c1-3-15-12-11(13)14-8-10-7-5-4-6-9(10)2/h4-7H,3,8H2,1-2H3,(H,12,13). The maximum atomic E-state index is 11.1. The van der Waals surface area contributed by atoms with E-state index in [1.54, 1.807) is 0 Å². The average Bonchev–Trinajstić information content (AvgIpc) is 2.25. The SMILES string of the molecule is CCSNC(=O)OCc1ccccc1C. The van der Waals surface area contributed by atoms with Gasteiger partial charge in [-0.1, -0.05) is 31.2 Å². The molecule has 0 bridgehead atoms. The van der Waals surface area contributed by atoms with E-state index in [1.807, 2.05) is 38.1 Å². The molecule has 1 rings (SSSR count). The van der Waals surface area contributed by atoms with Gasteiger partial charge < -0.3 is 4.74 Å². The Kier molecular flexibility index (Phi) is 5.04. The van der Waals surface area contributed by atoms with Crippen molar-refractivity contribution < 1.29 is 9.53 Å². The van der Waals surface area contributed by atoms with Crippen molar-refractivity contribution in [1.29, 1.82) is 0 Å². The second-order valence-corrected chi connectivity index (χ2v) is 4.11. The lowest BCUT2D eigenvalue weighted by Gasteiger charge is -2.07. The van der Waals surface area contributed by atoms with E-state index in [4.69, 9.17) is 4.74 Å².